The molecule has 0 unspecified atom stereocenters. The smallest absolute Gasteiger partial charge is 0.163 e. The second kappa shape index (κ2) is 6.52. The maximum atomic E-state index is 9.03. The molecule has 0 saturated heterocycles. The summed E-state index contributed by atoms with van der Waals surface area (Å²) in [5, 5.41) is 30.5. The van der Waals surface area contributed by atoms with Crippen LogP contribution in [0.3, 0.4) is 0 Å². The summed E-state index contributed by atoms with van der Waals surface area (Å²) in [7, 11) is 0. The Morgan fingerprint density at radius 1 is 1.24 bits per heavy atom. The lowest BCUT2D eigenvalue weighted by Gasteiger charge is -2.03. The number of aryl methyl sites for hydroxylation is 1. The minimum atomic E-state index is -0.228. The molecule has 0 atom stereocenters. The summed E-state index contributed by atoms with van der Waals surface area (Å²) in [6, 6.07) is 10.8. The summed E-state index contributed by atoms with van der Waals surface area (Å²) in [5.41, 5.74) is 1.30. The van der Waals surface area contributed by atoms with Crippen molar-refractivity contribution in [3.05, 3.63) is 34.5 Å². The van der Waals surface area contributed by atoms with Crippen LogP contribution >= 0.6 is 11.3 Å². The molecule has 0 radical (unpaired) electrons. The molecule has 1 aromatic heterocycles. The Labute approximate surface area is 126 Å². The van der Waals surface area contributed by atoms with Crippen molar-refractivity contribution in [3.63, 3.8) is 0 Å². The minimum absolute atomic E-state index is 0.0438. The number of hydrogen-bond donors (Lipinski definition) is 1. The van der Waals surface area contributed by atoms with Gasteiger partial charge in [0.25, 0.3) is 0 Å². The fourth-order valence-corrected chi connectivity index (χ4v) is 2.91. The van der Waals surface area contributed by atoms with Crippen molar-refractivity contribution in [3.8, 4) is 18.2 Å². The Balaban J connectivity index is 2.36. The largest absolute Gasteiger partial charge is 0.345 e. The monoisotopic (exact) mass is 293 g/mol. The third kappa shape index (κ3) is 3.17. The first-order chi connectivity index (χ1) is 10.2. The molecule has 0 spiro atoms. The molecule has 2 aromatic rings. The summed E-state index contributed by atoms with van der Waals surface area (Å²) in [4.78, 5) is 4.52. The summed E-state index contributed by atoms with van der Waals surface area (Å²) in [6.45, 7) is 2.11. The molecule has 2 rings (SSSR count). The molecule has 0 aliphatic rings. The van der Waals surface area contributed by atoms with Crippen LogP contribution in [-0.4, -0.2) is 4.98 Å². The van der Waals surface area contributed by atoms with Gasteiger partial charge in [0.05, 0.1) is 15.2 Å². The highest BCUT2D eigenvalue weighted by atomic mass is 32.1. The third-order valence-electron chi connectivity index (χ3n) is 2.75. The van der Waals surface area contributed by atoms with Crippen molar-refractivity contribution in [1.82, 2.24) is 4.98 Å². The van der Waals surface area contributed by atoms with Crippen LogP contribution in [0.5, 0.6) is 0 Å². The van der Waals surface area contributed by atoms with Gasteiger partial charge in [0.2, 0.25) is 0 Å². The number of nitrogens with one attached hydrogen (secondary N) is 1. The van der Waals surface area contributed by atoms with Gasteiger partial charge in [-0.15, -0.1) is 11.3 Å². The Bertz CT molecular complexity index is 810. The second-order valence-corrected chi connectivity index (χ2v) is 5.37. The fourth-order valence-electron chi connectivity index (χ4n) is 1.80. The number of benzene rings is 1. The van der Waals surface area contributed by atoms with Gasteiger partial charge in [0, 0.05) is 5.69 Å². The zero-order valence-corrected chi connectivity index (χ0v) is 12.2. The quantitative estimate of drug-likeness (QED) is 0.870. The highest BCUT2D eigenvalue weighted by Crippen LogP contribution is 2.26. The van der Waals surface area contributed by atoms with Crippen LogP contribution in [0.1, 0.15) is 18.4 Å². The Morgan fingerprint density at radius 3 is 2.62 bits per heavy atom. The average molecular weight is 293 g/mol. The van der Waals surface area contributed by atoms with E-state index in [0.717, 1.165) is 28.1 Å². The van der Waals surface area contributed by atoms with E-state index >= 15 is 0 Å². The number of nitriles is 3. The number of hydrogen-bond acceptors (Lipinski definition) is 6. The predicted octanol–water partition coefficient (Wildman–Crippen LogP) is 3.49. The molecule has 0 aliphatic carbocycles. The normalized spacial score (nSPS) is 9.43. The summed E-state index contributed by atoms with van der Waals surface area (Å²) >= 11 is 1.61. The predicted molar refractivity (Wildman–Crippen MR) is 81.1 cm³/mol. The standard InChI is InChI=1S/C15H11N5S/c1-2-3-15-20-12-5-4-11(6-14(12)21-15)19-13(9-18)10(7-16)8-17/h4-6,19H,2-3H2,1H3. The molecule has 6 heteroatoms. The van der Waals surface area contributed by atoms with Crippen molar-refractivity contribution in [1.29, 1.82) is 15.8 Å². The Kier molecular flexibility index (Phi) is 4.51. The van der Waals surface area contributed by atoms with Gasteiger partial charge in [0.1, 0.15) is 23.9 Å². The maximum Gasteiger partial charge on any atom is 0.163 e. The molecule has 0 fully saturated rings. The highest BCUT2D eigenvalue weighted by molar-refractivity contribution is 7.18. The first-order valence-electron chi connectivity index (χ1n) is 6.32. The number of nitrogens with zero attached hydrogens (tertiary/aromatic N) is 4. The van der Waals surface area contributed by atoms with E-state index in [-0.39, 0.29) is 11.3 Å². The van der Waals surface area contributed by atoms with Crippen LogP contribution in [0, 0.1) is 34.0 Å². The van der Waals surface area contributed by atoms with Gasteiger partial charge in [-0.25, -0.2) is 4.98 Å². The zero-order valence-electron chi connectivity index (χ0n) is 11.3. The molecule has 5 nitrogen and oxygen atoms in total. The van der Waals surface area contributed by atoms with E-state index in [9.17, 15) is 0 Å². The molecule has 1 N–H and O–H groups in total. The van der Waals surface area contributed by atoms with Crippen molar-refractivity contribution in [2.45, 2.75) is 19.8 Å². The lowest BCUT2D eigenvalue weighted by Crippen LogP contribution is -2.00. The van der Waals surface area contributed by atoms with Gasteiger partial charge < -0.3 is 5.32 Å². The number of rotatable bonds is 4. The van der Waals surface area contributed by atoms with Crippen LogP contribution in [0.4, 0.5) is 5.69 Å². The van der Waals surface area contributed by atoms with Crippen LogP contribution in [0.15, 0.2) is 29.5 Å². The van der Waals surface area contributed by atoms with Crippen molar-refractivity contribution >= 4 is 27.2 Å². The molecule has 0 aliphatic heterocycles. The lowest BCUT2D eigenvalue weighted by molar-refractivity contribution is 0.913. The molecule has 102 valence electrons. The number of fused-ring (bicyclic) bond motifs is 1. The zero-order chi connectivity index (χ0) is 15.2. The minimum Gasteiger partial charge on any atom is -0.345 e. The topological polar surface area (TPSA) is 96.3 Å². The van der Waals surface area contributed by atoms with E-state index in [4.69, 9.17) is 15.8 Å². The fraction of sp³-hybridized carbons (Fsp3) is 0.200. The summed E-state index contributed by atoms with van der Waals surface area (Å²) in [6.07, 6.45) is 1.98. The Morgan fingerprint density at radius 2 is 2.00 bits per heavy atom. The molecular formula is C15H11N5S. The van der Waals surface area contributed by atoms with Gasteiger partial charge in [-0.3, -0.25) is 0 Å². The van der Waals surface area contributed by atoms with Gasteiger partial charge in [0.15, 0.2) is 5.57 Å². The first kappa shape index (κ1) is 14.5. The van der Waals surface area contributed by atoms with E-state index in [1.807, 2.05) is 18.2 Å². The van der Waals surface area contributed by atoms with E-state index in [1.165, 1.54) is 0 Å². The highest BCUT2D eigenvalue weighted by Gasteiger charge is 2.08. The molecule has 1 aromatic carbocycles. The van der Waals surface area contributed by atoms with Gasteiger partial charge in [-0.2, -0.15) is 15.8 Å². The summed E-state index contributed by atoms with van der Waals surface area (Å²) < 4.78 is 1.01. The molecule has 1 heterocycles. The van der Waals surface area contributed by atoms with Crippen molar-refractivity contribution in [2.24, 2.45) is 0 Å². The average Bonchev–Trinajstić information content (AvgIpc) is 2.89. The SMILES string of the molecule is CCCc1nc2ccc(NC(C#N)=C(C#N)C#N)cc2s1. The van der Waals surface area contributed by atoms with Gasteiger partial charge in [-0.1, -0.05) is 6.92 Å². The van der Waals surface area contributed by atoms with Crippen LogP contribution in [-0.2, 0) is 6.42 Å². The van der Waals surface area contributed by atoms with E-state index in [1.54, 1.807) is 29.5 Å². The number of anilines is 1. The van der Waals surface area contributed by atoms with Gasteiger partial charge in [-0.05, 0) is 31.0 Å². The second-order valence-electron chi connectivity index (χ2n) is 4.25. The number of allylic oxidation sites excluding steroid dienone is 2. The van der Waals surface area contributed by atoms with E-state index in [0.29, 0.717) is 5.69 Å². The van der Waals surface area contributed by atoms with Crippen LogP contribution in [0.2, 0.25) is 0 Å². The van der Waals surface area contributed by atoms with Crippen LogP contribution < -0.4 is 5.32 Å². The lowest BCUT2D eigenvalue weighted by atomic mass is 10.2. The van der Waals surface area contributed by atoms with Gasteiger partial charge >= 0.3 is 0 Å². The first-order valence-corrected chi connectivity index (χ1v) is 7.14. The van der Waals surface area contributed by atoms with E-state index in [2.05, 4.69) is 17.2 Å². The third-order valence-corrected chi connectivity index (χ3v) is 3.83. The van der Waals surface area contributed by atoms with Crippen LogP contribution in [0.25, 0.3) is 10.2 Å². The Hall–Kier alpha value is -2.88. The molecule has 0 amide bonds. The summed E-state index contributed by atoms with van der Waals surface area (Å²) in [5.74, 6) is 0. The van der Waals surface area contributed by atoms with Crippen molar-refractivity contribution in [2.75, 3.05) is 5.32 Å². The maximum absolute atomic E-state index is 9.03. The number of thiazole rings is 1. The van der Waals surface area contributed by atoms with Crippen molar-refractivity contribution < 1.29 is 0 Å². The molecule has 0 bridgehead atoms. The molecule has 21 heavy (non-hydrogen) atoms. The number of aromatic nitrogens is 1. The molecule has 0 saturated carbocycles. The van der Waals surface area contributed by atoms with E-state index < -0.39 is 0 Å². The molecular weight excluding hydrogens is 282 g/mol.